The number of hydrogen-bond donors (Lipinski definition) is 0. The molecule has 2 nitrogen and oxygen atoms in total. The first-order valence-electron chi connectivity index (χ1n) is 4.18. The van der Waals surface area contributed by atoms with Gasteiger partial charge in [0.25, 0.3) is 6.43 Å². The third kappa shape index (κ3) is 1.82. The topological polar surface area (TPSA) is 17.8 Å². The molecule has 0 saturated heterocycles. The summed E-state index contributed by atoms with van der Waals surface area (Å²) in [5.41, 5.74) is 0.780. The van der Waals surface area contributed by atoms with Crippen molar-refractivity contribution < 1.29 is 8.78 Å². The number of alkyl halides is 2. The van der Waals surface area contributed by atoms with Crippen molar-refractivity contribution in [1.29, 1.82) is 0 Å². The third-order valence-corrected chi connectivity index (χ3v) is 2.40. The van der Waals surface area contributed by atoms with Gasteiger partial charge in [0.1, 0.15) is 6.54 Å². The molecular weight excluding hydrogens is 198 g/mol. The molecular formula is C8H9ClF2N2. The number of rotatable bonds is 3. The lowest BCUT2D eigenvalue weighted by Gasteiger charge is -2.05. The van der Waals surface area contributed by atoms with Crippen LogP contribution in [0, 0.1) is 0 Å². The van der Waals surface area contributed by atoms with Crippen LogP contribution >= 0.6 is 11.6 Å². The van der Waals surface area contributed by atoms with Gasteiger partial charge in [-0.2, -0.15) is 5.10 Å². The predicted molar refractivity (Wildman–Crippen MR) is 45.2 cm³/mol. The normalized spacial score (nSPS) is 16.9. The van der Waals surface area contributed by atoms with Gasteiger partial charge in [0.15, 0.2) is 0 Å². The molecule has 5 heteroatoms. The summed E-state index contributed by atoms with van der Waals surface area (Å²) in [6.07, 6.45) is 1.15. The Morgan fingerprint density at radius 1 is 1.62 bits per heavy atom. The second-order valence-corrected chi connectivity index (χ2v) is 3.63. The second-order valence-electron chi connectivity index (χ2n) is 3.23. The van der Waals surface area contributed by atoms with E-state index in [9.17, 15) is 8.78 Å². The summed E-state index contributed by atoms with van der Waals surface area (Å²) in [4.78, 5) is 0. The highest BCUT2D eigenvalue weighted by molar-refractivity contribution is 6.31. The van der Waals surface area contributed by atoms with Crippen molar-refractivity contribution in [2.75, 3.05) is 0 Å². The van der Waals surface area contributed by atoms with E-state index in [2.05, 4.69) is 5.10 Å². The van der Waals surface area contributed by atoms with Gasteiger partial charge in [-0.1, -0.05) is 11.6 Å². The molecule has 1 saturated carbocycles. The van der Waals surface area contributed by atoms with E-state index in [1.807, 2.05) is 0 Å². The molecule has 0 atom stereocenters. The average molecular weight is 207 g/mol. The minimum Gasteiger partial charge on any atom is -0.262 e. The van der Waals surface area contributed by atoms with Crippen LogP contribution in [0.15, 0.2) is 6.20 Å². The largest absolute Gasteiger partial charge is 0.262 e. The van der Waals surface area contributed by atoms with Gasteiger partial charge in [-0.15, -0.1) is 0 Å². The van der Waals surface area contributed by atoms with Crippen molar-refractivity contribution >= 4 is 11.6 Å². The first-order chi connectivity index (χ1) is 6.18. The Labute approximate surface area is 79.5 Å². The van der Waals surface area contributed by atoms with Crippen LogP contribution in [0.25, 0.3) is 0 Å². The SMILES string of the molecule is FC(F)Cn1ncc(Cl)c1C1CC1. The van der Waals surface area contributed by atoms with E-state index in [4.69, 9.17) is 11.6 Å². The van der Waals surface area contributed by atoms with E-state index in [1.165, 1.54) is 10.9 Å². The third-order valence-electron chi connectivity index (χ3n) is 2.11. The van der Waals surface area contributed by atoms with Crippen LogP contribution in [-0.2, 0) is 6.54 Å². The van der Waals surface area contributed by atoms with Crippen molar-refractivity contribution in [3.8, 4) is 0 Å². The van der Waals surface area contributed by atoms with E-state index in [-0.39, 0.29) is 6.54 Å². The maximum absolute atomic E-state index is 12.1. The van der Waals surface area contributed by atoms with E-state index < -0.39 is 6.43 Å². The van der Waals surface area contributed by atoms with Crippen LogP contribution in [0.5, 0.6) is 0 Å². The minimum atomic E-state index is -2.37. The Balaban J connectivity index is 2.23. The summed E-state index contributed by atoms with van der Waals surface area (Å²) in [6, 6.07) is 0. The van der Waals surface area contributed by atoms with Gasteiger partial charge in [-0.05, 0) is 12.8 Å². The van der Waals surface area contributed by atoms with Crippen LogP contribution in [0.3, 0.4) is 0 Å². The maximum atomic E-state index is 12.1. The first-order valence-corrected chi connectivity index (χ1v) is 4.55. The summed E-state index contributed by atoms with van der Waals surface area (Å²) >= 11 is 5.84. The number of halogens is 3. The van der Waals surface area contributed by atoms with Crippen molar-refractivity contribution in [3.05, 3.63) is 16.9 Å². The molecule has 0 aliphatic heterocycles. The molecule has 1 heterocycles. The zero-order valence-corrected chi connectivity index (χ0v) is 7.64. The zero-order valence-electron chi connectivity index (χ0n) is 6.88. The molecule has 72 valence electrons. The molecule has 0 spiro atoms. The van der Waals surface area contributed by atoms with Crippen LogP contribution in [0.1, 0.15) is 24.5 Å². The summed E-state index contributed by atoms with van der Waals surface area (Å²) < 4.78 is 25.5. The molecule has 0 amide bonds. The van der Waals surface area contributed by atoms with Crippen molar-refractivity contribution in [2.24, 2.45) is 0 Å². The highest BCUT2D eigenvalue weighted by atomic mass is 35.5. The monoisotopic (exact) mass is 206 g/mol. The Hall–Kier alpha value is -0.640. The zero-order chi connectivity index (χ0) is 9.42. The van der Waals surface area contributed by atoms with Crippen LogP contribution < -0.4 is 0 Å². The van der Waals surface area contributed by atoms with Crippen LogP contribution in [0.2, 0.25) is 5.02 Å². The lowest BCUT2D eigenvalue weighted by atomic mass is 10.3. The van der Waals surface area contributed by atoms with Crippen LogP contribution in [0.4, 0.5) is 8.78 Å². The Bertz CT molecular complexity index is 307. The quantitative estimate of drug-likeness (QED) is 0.744. The van der Waals surface area contributed by atoms with Gasteiger partial charge in [-0.3, -0.25) is 4.68 Å². The molecule has 0 bridgehead atoms. The lowest BCUT2D eigenvalue weighted by molar-refractivity contribution is 0.120. The number of hydrogen-bond acceptors (Lipinski definition) is 1. The smallest absolute Gasteiger partial charge is 0.257 e. The van der Waals surface area contributed by atoms with E-state index >= 15 is 0 Å². The minimum absolute atomic E-state index is 0.349. The maximum Gasteiger partial charge on any atom is 0.257 e. The Kier molecular flexibility index (Phi) is 2.24. The standard InChI is InChI=1S/C8H9ClF2N2/c9-6-3-12-13(4-7(10)11)8(6)5-1-2-5/h3,5,7H,1-2,4H2. The highest BCUT2D eigenvalue weighted by Crippen LogP contribution is 2.43. The van der Waals surface area contributed by atoms with E-state index in [0.29, 0.717) is 10.9 Å². The first kappa shape index (κ1) is 8.94. The predicted octanol–water partition coefficient (Wildman–Crippen LogP) is 2.68. The second kappa shape index (κ2) is 3.25. The molecule has 1 aliphatic rings. The van der Waals surface area contributed by atoms with Gasteiger partial charge in [0.05, 0.1) is 16.9 Å². The van der Waals surface area contributed by atoms with Gasteiger partial charge in [-0.25, -0.2) is 8.78 Å². The fourth-order valence-electron chi connectivity index (χ4n) is 1.41. The highest BCUT2D eigenvalue weighted by Gasteiger charge is 2.30. The molecule has 1 aliphatic carbocycles. The van der Waals surface area contributed by atoms with E-state index in [0.717, 1.165) is 18.5 Å². The van der Waals surface area contributed by atoms with Crippen molar-refractivity contribution in [3.63, 3.8) is 0 Å². The fourth-order valence-corrected chi connectivity index (χ4v) is 1.71. The lowest BCUT2D eigenvalue weighted by Crippen LogP contribution is -2.10. The van der Waals surface area contributed by atoms with Crippen LogP contribution in [-0.4, -0.2) is 16.2 Å². The van der Waals surface area contributed by atoms with Gasteiger partial charge < -0.3 is 0 Å². The molecule has 0 radical (unpaired) electrons. The Morgan fingerprint density at radius 3 is 2.85 bits per heavy atom. The average Bonchev–Trinajstić information content (AvgIpc) is 2.79. The summed E-state index contributed by atoms with van der Waals surface area (Å²) in [5.74, 6) is 0.355. The molecule has 13 heavy (non-hydrogen) atoms. The molecule has 1 fully saturated rings. The fraction of sp³-hybridized carbons (Fsp3) is 0.625. The molecule has 2 rings (SSSR count). The van der Waals surface area contributed by atoms with E-state index in [1.54, 1.807) is 0 Å². The summed E-state index contributed by atoms with van der Waals surface area (Å²) in [6.45, 7) is -0.349. The van der Waals surface area contributed by atoms with Gasteiger partial charge in [0, 0.05) is 5.92 Å². The molecule has 0 unspecified atom stereocenters. The Morgan fingerprint density at radius 2 is 2.31 bits per heavy atom. The summed E-state index contributed by atoms with van der Waals surface area (Å²) in [7, 11) is 0. The number of aromatic nitrogens is 2. The molecule has 1 aromatic heterocycles. The van der Waals surface area contributed by atoms with Gasteiger partial charge in [0.2, 0.25) is 0 Å². The van der Waals surface area contributed by atoms with Crippen molar-refractivity contribution in [2.45, 2.75) is 31.7 Å². The molecule has 0 N–H and O–H groups in total. The van der Waals surface area contributed by atoms with Crippen molar-refractivity contribution in [1.82, 2.24) is 9.78 Å². The molecule has 1 aromatic rings. The summed E-state index contributed by atoms with van der Waals surface area (Å²) in [5, 5.41) is 4.34. The number of nitrogens with zero attached hydrogens (tertiary/aromatic N) is 2. The van der Waals surface area contributed by atoms with Gasteiger partial charge >= 0.3 is 0 Å². The molecule has 0 aromatic carbocycles.